The number of nitrogens with zero attached hydrogens (tertiary/aromatic N) is 1. The van der Waals surface area contributed by atoms with E-state index in [1.807, 2.05) is 6.07 Å². The molecule has 1 aromatic rings. The van der Waals surface area contributed by atoms with Crippen LogP contribution in [0.5, 0.6) is 0 Å². The number of nitrogens with two attached hydrogens (primary N) is 1. The Morgan fingerprint density at radius 1 is 1.20 bits per heavy atom. The van der Waals surface area contributed by atoms with Gasteiger partial charge in [0.25, 0.3) is 0 Å². The number of rotatable bonds is 4. The van der Waals surface area contributed by atoms with Gasteiger partial charge in [-0.05, 0) is 31.7 Å². The smallest absolute Gasteiger partial charge is 0.240 e. The molecule has 142 valence electrons. The number of halogens is 2. The van der Waals surface area contributed by atoms with Gasteiger partial charge >= 0.3 is 0 Å². The largest absolute Gasteiger partial charge is 0.350 e. The van der Waals surface area contributed by atoms with E-state index >= 15 is 0 Å². The van der Waals surface area contributed by atoms with Crippen molar-refractivity contribution < 1.29 is 4.79 Å². The summed E-state index contributed by atoms with van der Waals surface area (Å²) in [7, 11) is 0. The quantitative estimate of drug-likeness (QED) is 0.833. The molecule has 1 heterocycles. The van der Waals surface area contributed by atoms with E-state index in [0.29, 0.717) is 6.04 Å². The molecule has 2 atom stereocenters. The van der Waals surface area contributed by atoms with Crippen molar-refractivity contribution in [2.75, 3.05) is 6.54 Å². The summed E-state index contributed by atoms with van der Waals surface area (Å²) in [5.41, 5.74) is 7.04. The highest BCUT2D eigenvalue weighted by molar-refractivity contribution is 5.86. The van der Waals surface area contributed by atoms with Crippen molar-refractivity contribution in [3.63, 3.8) is 0 Å². The molecule has 0 spiro atoms. The molecule has 0 radical (unpaired) electrons. The molecule has 3 rings (SSSR count). The molecule has 6 heteroatoms. The van der Waals surface area contributed by atoms with Crippen molar-refractivity contribution in [3.8, 4) is 0 Å². The van der Waals surface area contributed by atoms with Gasteiger partial charge in [0.1, 0.15) is 0 Å². The maximum absolute atomic E-state index is 12.6. The van der Waals surface area contributed by atoms with Gasteiger partial charge in [-0.15, -0.1) is 24.8 Å². The number of benzene rings is 1. The molecule has 25 heavy (non-hydrogen) atoms. The molecule has 0 aromatic heterocycles. The summed E-state index contributed by atoms with van der Waals surface area (Å²) in [5, 5.41) is 3.23. The Hall–Kier alpha value is -0.810. The van der Waals surface area contributed by atoms with E-state index in [1.54, 1.807) is 0 Å². The zero-order chi connectivity index (χ0) is 16.3. The van der Waals surface area contributed by atoms with Gasteiger partial charge in [0.15, 0.2) is 0 Å². The van der Waals surface area contributed by atoms with Gasteiger partial charge in [-0.1, -0.05) is 49.6 Å². The molecule has 2 fully saturated rings. The Morgan fingerprint density at radius 3 is 2.48 bits per heavy atom. The first kappa shape index (κ1) is 22.2. The topological polar surface area (TPSA) is 58.4 Å². The number of carbonyl (C=O) groups is 1. The molecule has 1 saturated heterocycles. The molecule has 3 N–H and O–H groups in total. The molecule has 2 unspecified atom stereocenters. The fourth-order valence-corrected chi connectivity index (χ4v) is 3.98. The van der Waals surface area contributed by atoms with Gasteiger partial charge in [-0.3, -0.25) is 9.69 Å². The molecular weight excluding hydrogens is 357 g/mol. The summed E-state index contributed by atoms with van der Waals surface area (Å²) < 4.78 is 0. The Bertz CT molecular complexity index is 535. The minimum atomic E-state index is -0.631. The van der Waals surface area contributed by atoms with Crippen molar-refractivity contribution in [1.29, 1.82) is 0 Å². The van der Waals surface area contributed by atoms with Gasteiger partial charge in [-0.2, -0.15) is 0 Å². The second-order valence-electron chi connectivity index (χ2n) is 7.39. The predicted octanol–water partition coefficient (Wildman–Crippen LogP) is 3.27. The van der Waals surface area contributed by atoms with Crippen LogP contribution in [0.4, 0.5) is 0 Å². The monoisotopic (exact) mass is 387 g/mol. The van der Waals surface area contributed by atoms with Crippen LogP contribution in [0.25, 0.3) is 0 Å². The predicted molar refractivity (Wildman–Crippen MR) is 107 cm³/mol. The van der Waals surface area contributed by atoms with Crippen molar-refractivity contribution in [2.24, 2.45) is 5.73 Å². The SMILES string of the molecule is CC1CC(NC(=O)C2(N)CCCCC2)CN1Cc1ccccc1.Cl.Cl. The molecule has 1 amide bonds. The average Bonchev–Trinajstić information content (AvgIpc) is 2.88. The first-order valence-electron chi connectivity index (χ1n) is 8.95. The highest BCUT2D eigenvalue weighted by Crippen LogP contribution is 2.27. The third kappa shape index (κ3) is 5.58. The minimum Gasteiger partial charge on any atom is -0.350 e. The highest BCUT2D eigenvalue weighted by atomic mass is 35.5. The zero-order valence-electron chi connectivity index (χ0n) is 14.9. The Labute approximate surface area is 163 Å². The van der Waals surface area contributed by atoms with E-state index in [-0.39, 0.29) is 36.8 Å². The number of likely N-dealkylation sites (tertiary alicyclic amines) is 1. The van der Waals surface area contributed by atoms with E-state index in [4.69, 9.17) is 5.73 Å². The Morgan fingerprint density at radius 2 is 1.84 bits per heavy atom. The number of hydrogen-bond donors (Lipinski definition) is 2. The number of hydrogen-bond acceptors (Lipinski definition) is 3. The van der Waals surface area contributed by atoms with Crippen LogP contribution in [0.2, 0.25) is 0 Å². The zero-order valence-corrected chi connectivity index (χ0v) is 16.6. The summed E-state index contributed by atoms with van der Waals surface area (Å²) >= 11 is 0. The molecule has 1 aliphatic carbocycles. The van der Waals surface area contributed by atoms with E-state index in [1.165, 1.54) is 12.0 Å². The summed E-state index contributed by atoms with van der Waals surface area (Å²) in [4.78, 5) is 15.0. The van der Waals surface area contributed by atoms with Crippen molar-refractivity contribution >= 4 is 30.7 Å². The minimum absolute atomic E-state index is 0. The van der Waals surface area contributed by atoms with Crippen LogP contribution in [0.15, 0.2) is 30.3 Å². The number of amides is 1. The Kier molecular flexibility index (Phi) is 8.69. The van der Waals surface area contributed by atoms with Crippen molar-refractivity contribution in [1.82, 2.24) is 10.2 Å². The molecular formula is C19H31Cl2N3O. The van der Waals surface area contributed by atoms with Crippen molar-refractivity contribution in [2.45, 2.75) is 69.6 Å². The third-order valence-corrected chi connectivity index (χ3v) is 5.47. The van der Waals surface area contributed by atoms with Crippen LogP contribution < -0.4 is 11.1 Å². The van der Waals surface area contributed by atoms with Gasteiger partial charge in [0.05, 0.1) is 5.54 Å². The van der Waals surface area contributed by atoms with Gasteiger partial charge in [-0.25, -0.2) is 0 Å². The van der Waals surface area contributed by atoms with Crippen LogP contribution in [-0.2, 0) is 11.3 Å². The second-order valence-corrected chi connectivity index (χ2v) is 7.39. The van der Waals surface area contributed by atoms with E-state index in [2.05, 4.69) is 41.4 Å². The molecule has 1 aliphatic heterocycles. The van der Waals surface area contributed by atoms with Crippen LogP contribution in [0.1, 0.15) is 51.0 Å². The summed E-state index contributed by atoms with van der Waals surface area (Å²) in [5.74, 6) is 0.0657. The van der Waals surface area contributed by atoms with Gasteiger partial charge < -0.3 is 11.1 Å². The molecule has 1 saturated carbocycles. The van der Waals surface area contributed by atoms with Crippen LogP contribution in [0, 0.1) is 0 Å². The van der Waals surface area contributed by atoms with Crippen molar-refractivity contribution in [3.05, 3.63) is 35.9 Å². The number of nitrogens with one attached hydrogen (secondary N) is 1. The summed E-state index contributed by atoms with van der Waals surface area (Å²) in [6, 6.07) is 11.2. The lowest BCUT2D eigenvalue weighted by Crippen LogP contribution is -2.57. The lowest BCUT2D eigenvalue weighted by molar-refractivity contribution is -0.128. The standard InChI is InChI=1S/C19H29N3O.2ClH/c1-15-12-17(14-22(15)13-16-8-4-2-5-9-16)21-18(23)19(20)10-6-3-7-11-19;;/h2,4-5,8-9,15,17H,3,6-7,10-14,20H2,1H3,(H,21,23);2*1H. The van der Waals surface area contributed by atoms with E-state index in [0.717, 1.165) is 45.2 Å². The lowest BCUT2D eigenvalue weighted by atomic mass is 9.81. The summed E-state index contributed by atoms with van der Waals surface area (Å²) in [6.45, 7) is 4.11. The fourth-order valence-electron chi connectivity index (χ4n) is 3.98. The first-order chi connectivity index (χ1) is 11.1. The normalized spacial score (nSPS) is 25.5. The summed E-state index contributed by atoms with van der Waals surface area (Å²) in [6.07, 6.45) is 6.02. The first-order valence-corrected chi connectivity index (χ1v) is 8.95. The molecule has 1 aromatic carbocycles. The Balaban J connectivity index is 0.00000156. The second kappa shape index (κ2) is 9.77. The molecule has 4 nitrogen and oxygen atoms in total. The average molecular weight is 388 g/mol. The van der Waals surface area contributed by atoms with Crippen LogP contribution >= 0.6 is 24.8 Å². The van der Waals surface area contributed by atoms with E-state index in [9.17, 15) is 4.79 Å². The van der Waals surface area contributed by atoms with E-state index < -0.39 is 5.54 Å². The fraction of sp³-hybridized carbons (Fsp3) is 0.632. The third-order valence-electron chi connectivity index (χ3n) is 5.47. The molecule has 0 bridgehead atoms. The highest BCUT2D eigenvalue weighted by Gasteiger charge is 2.38. The van der Waals surface area contributed by atoms with Gasteiger partial charge in [0.2, 0.25) is 5.91 Å². The lowest BCUT2D eigenvalue weighted by Gasteiger charge is -2.33. The maximum atomic E-state index is 12.6. The van der Waals surface area contributed by atoms with Gasteiger partial charge in [0, 0.05) is 25.2 Å². The molecule has 2 aliphatic rings. The van der Waals surface area contributed by atoms with Crippen LogP contribution in [0.3, 0.4) is 0 Å². The van der Waals surface area contributed by atoms with Crippen LogP contribution in [-0.4, -0.2) is 35.0 Å². The maximum Gasteiger partial charge on any atom is 0.240 e. The number of carbonyl (C=O) groups excluding carboxylic acids is 1.